The fraction of sp³-hybridized carbons (Fsp3) is 0.471. The van der Waals surface area contributed by atoms with E-state index in [9.17, 15) is 0 Å². The molecule has 0 aromatic carbocycles. The van der Waals surface area contributed by atoms with Crippen molar-refractivity contribution in [3.05, 3.63) is 32.8 Å². The maximum atomic E-state index is 4.77. The Balaban J connectivity index is 2.41. The first-order valence-electron chi connectivity index (χ1n) is 7.96. The van der Waals surface area contributed by atoms with Gasteiger partial charge in [0.1, 0.15) is 0 Å². The van der Waals surface area contributed by atoms with Gasteiger partial charge in [-0.15, -0.1) is 11.3 Å². The van der Waals surface area contributed by atoms with Gasteiger partial charge in [-0.2, -0.15) is 5.10 Å². The molecule has 0 fully saturated rings. The third-order valence-electron chi connectivity index (χ3n) is 4.33. The Morgan fingerprint density at radius 2 is 1.83 bits per heavy atom. The van der Waals surface area contributed by atoms with E-state index in [1.807, 2.05) is 17.6 Å². The van der Waals surface area contributed by atoms with Crippen LogP contribution in [0.4, 0.5) is 0 Å². The monoisotopic (exact) mass is 392 g/mol. The minimum atomic E-state index is 0.469. The van der Waals surface area contributed by atoms with Gasteiger partial charge in [0.05, 0.1) is 28.2 Å². The number of halogens is 1. The molecule has 0 saturated heterocycles. The molecule has 0 aliphatic heterocycles. The van der Waals surface area contributed by atoms with Crippen LogP contribution in [0.2, 0.25) is 0 Å². The molecule has 0 radical (unpaired) electrons. The first-order chi connectivity index (χ1) is 11.0. The number of nitrogens with zero attached hydrogens (tertiary/aromatic N) is 4. The van der Waals surface area contributed by atoms with Crippen molar-refractivity contribution >= 4 is 32.9 Å². The summed E-state index contributed by atoms with van der Waals surface area (Å²) in [4.78, 5) is 10.5. The first-order valence-corrected chi connectivity index (χ1v) is 9.56. The fourth-order valence-corrected chi connectivity index (χ4v) is 4.88. The highest BCUT2D eigenvalue weighted by Crippen LogP contribution is 2.41. The molecule has 23 heavy (non-hydrogen) atoms. The Morgan fingerprint density at radius 1 is 1.13 bits per heavy atom. The Bertz CT molecular complexity index is 861. The smallest absolute Gasteiger partial charge is 0.159 e. The average molecular weight is 393 g/mol. The molecule has 0 saturated carbocycles. The van der Waals surface area contributed by atoms with Gasteiger partial charge in [0.15, 0.2) is 9.56 Å². The van der Waals surface area contributed by atoms with Crippen LogP contribution in [0, 0.1) is 20.8 Å². The molecule has 0 atom stereocenters. The second kappa shape index (κ2) is 6.32. The standard InChI is InChI=1S/C17H21BrN4S/c1-6-12(7-2)14-13(15-11(5)20-17(18)23-15)10(4)21-22-8-9(3)19-16(14)22/h8,12H,6-7H2,1-5H3. The molecule has 0 bridgehead atoms. The summed E-state index contributed by atoms with van der Waals surface area (Å²) in [5.41, 5.74) is 6.61. The molecule has 4 nitrogen and oxygen atoms in total. The predicted octanol–water partition coefficient (Wildman–Crippen LogP) is 5.44. The van der Waals surface area contributed by atoms with Crippen molar-refractivity contribution in [3.8, 4) is 10.4 Å². The summed E-state index contributed by atoms with van der Waals surface area (Å²) in [5, 5.41) is 4.75. The molecule has 3 aromatic rings. The highest BCUT2D eigenvalue weighted by Gasteiger charge is 2.24. The predicted molar refractivity (Wildman–Crippen MR) is 99.3 cm³/mol. The average Bonchev–Trinajstić information content (AvgIpc) is 3.01. The minimum Gasteiger partial charge on any atom is -0.234 e. The zero-order valence-corrected chi connectivity index (χ0v) is 16.5. The van der Waals surface area contributed by atoms with Crippen molar-refractivity contribution in [2.24, 2.45) is 0 Å². The summed E-state index contributed by atoms with van der Waals surface area (Å²) in [6.07, 6.45) is 4.19. The molecule has 3 aromatic heterocycles. The van der Waals surface area contributed by atoms with Crippen LogP contribution < -0.4 is 0 Å². The zero-order valence-electron chi connectivity index (χ0n) is 14.1. The lowest BCUT2D eigenvalue weighted by Gasteiger charge is -2.19. The SMILES string of the molecule is CCC(CC)c1c(-c2sc(Br)nc2C)c(C)nn2cc(C)nc12. The molecule has 0 amide bonds. The van der Waals surface area contributed by atoms with Crippen LogP contribution in [0.1, 0.15) is 55.3 Å². The van der Waals surface area contributed by atoms with E-state index in [4.69, 9.17) is 10.1 Å². The molecule has 0 unspecified atom stereocenters. The van der Waals surface area contributed by atoms with Gasteiger partial charge in [-0.05, 0) is 55.5 Å². The summed E-state index contributed by atoms with van der Waals surface area (Å²) < 4.78 is 2.85. The van der Waals surface area contributed by atoms with E-state index in [1.165, 1.54) is 16.0 Å². The van der Waals surface area contributed by atoms with Crippen molar-refractivity contribution in [1.82, 2.24) is 19.6 Å². The Labute approximate surface area is 149 Å². The number of fused-ring (bicyclic) bond motifs is 1. The Morgan fingerprint density at radius 3 is 2.39 bits per heavy atom. The maximum absolute atomic E-state index is 4.77. The second-order valence-electron chi connectivity index (χ2n) is 5.92. The van der Waals surface area contributed by atoms with E-state index in [1.54, 1.807) is 11.3 Å². The van der Waals surface area contributed by atoms with Gasteiger partial charge in [0, 0.05) is 11.1 Å². The van der Waals surface area contributed by atoms with Crippen molar-refractivity contribution < 1.29 is 0 Å². The second-order valence-corrected chi connectivity index (χ2v) is 8.19. The number of hydrogen-bond donors (Lipinski definition) is 0. The van der Waals surface area contributed by atoms with Crippen molar-refractivity contribution in [3.63, 3.8) is 0 Å². The van der Waals surface area contributed by atoms with Crippen LogP contribution in [0.3, 0.4) is 0 Å². The third-order valence-corrected chi connectivity index (χ3v) is 5.96. The fourth-order valence-electron chi connectivity index (χ4n) is 3.23. The van der Waals surface area contributed by atoms with Gasteiger partial charge in [-0.3, -0.25) is 0 Å². The highest BCUT2D eigenvalue weighted by molar-refractivity contribution is 9.11. The number of imidazole rings is 1. The molecule has 3 heterocycles. The van der Waals surface area contributed by atoms with E-state index < -0.39 is 0 Å². The number of rotatable bonds is 4. The van der Waals surface area contributed by atoms with Crippen LogP contribution in [0.15, 0.2) is 10.1 Å². The normalized spacial score (nSPS) is 11.8. The maximum Gasteiger partial charge on any atom is 0.159 e. The Hall–Kier alpha value is -1.27. The molecule has 0 aliphatic carbocycles. The van der Waals surface area contributed by atoms with Gasteiger partial charge < -0.3 is 0 Å². The summed E-state index contributed by atoms with van der Waals surface area (Å²) in [5.74, 6) is 0.469. The van der Waals surface area contributed by atoms with Crippen LogP contribution in [-0.2, 0) is 0 Å². The number of hydrogen-bond acceptors (Lipinski definition) is 4. The molecule has 0 aliphatic rings. The molecular weight excluding hydrogens is 372 g/mol. The van der Waals surface area contributed by atoms with Crippen LogP contribution in [0.25, 0.3) is 16.1 Å². The first kappa shape index (κ1) is 16.6. The topological polar surface area (TPSA) is 43.1 Å². The zero-order chi connectivity index (χ0) is 16.7. The number of aryl methyl sites for hydroxylation is 3. The third kappa shape index (κ3) is 2.83. The summed E-state index contributed by atoms with van der Waals surface area (Å²) in [6.45, 7) is 10.7. The van der Waals surface area contributed by atoms with Gasteiger partial charge >= 0.3 is 0 Å². The van der Waals surface area contributed by atoms with E-state index in [0.717, 1.165) is 39.5 Å². The molecule has 6 heteroatoms. The molecular formula is C17H21BrN4S. The van der Waals surface area contributed by atoms with E-state index in [-0.39, 0.29) is 0 Å². The van der Waals surface area contributed by atoms with Crippen LogP contribution in [0.5, 0.6) is 0 Å². The van der Waals surface area contributed by atoms with Crippen molar-refractivity contribution in [1.29, 1.82) is 0 Å². The number of thiazole rings is 1. The molecule has 122 valence electrons. The molecule has 0 spiro atoms. The minimum absolute atomic E-state index is 0.469. The summed E-state index contributed by atoms with van der Waals surface area (Å²) in [7, 11) is 0. The van der Waals surface area contributed by atoms with Crippen LogP contribution in [-0.4, -0.2) is 19.6 Å². The molecule has 0 N–H and O–H groups in total. The number of aromatic nitrogens is 4. The molecule has 3 rings (SSSR count). The summed E-state index contributed by atoms with van der Waals surface area (Å²) in [6, 6.07) is 0. The van der Waals surface area contributed by atoms with Gasteiger partial charge in [0.2, 0.25) is 0 Å². The lowest BCUT2D eigenvalue weighted by atomic mass is 9.89. The van der Waals surface area contributed by atoms with Gasteiger partial charge in [0.25, 0.3) is 0 Å². The quantitative estimate of drug-likeness (QED) is 0.593. The lowest BCUT2D eigenvalue weighted by molar-refractivity contribution is 0.640. The largest absolute Gasteiger partial charge is 0.234 e. The van der Waals surface area contributed by atoms with Crippen LogP contribution >= 0.6 is 27.3 Å². The highest BCUT2D eigenvalue weighted by atomic mass is 79.9. The van der Waals surface area contributed by atoms with E-state index in [0.29, 0.717) is 5.92 Å². The van der Waals surface area contributed by atoms with Crippen molar-refractivity contribution in [2.75, 3.05) is 0 Å². The summed E-state index contributed by atoms with van der Waals surface area (Å²) >= 11 is 5.20. The van der Waals surface area contributed by atoms with E-state index >= 15 is 0 Å². The Kier molecular flexibility index (Phi) is 4.56. The van der Waals surface area contributed by atoms with Gasteiger partial charge in [-0.25, -0.2) is 14.5 Å². The van der Waals surface area contributed by atoms with Crippen molar-refractivity contribution in [2.45, 2.75) is 53.4 Å². The van der Waals surface area contributed by atoms with E-state index in [2.05, 4.69) is 48.6 Å². The lowest BCUT2D eigenvalue weighted by Crippen LogP contribution is -2.07. The van der Waals surface area contributed by atoms with Gasteiger partial charge in [-0.1, -0.05) is 13.8 Å².